The van der Waals surface area contributed by atoms with Crippen LogP contribution in [-0.2, 0) is 21.9 Å². The molecule has 0 saturated carbocycles. The first-order chi connectivity index (χ1) is 14.8. The van der Waals surface area contributed by atoms with Crippen LogP contribution in [0.3, 0.4) is 0 Å². The van der Waals surface area contributed by atoms with E-state index >= 15 is 0 Å². The minimum atomic E-state index is -0.675. The Hall–Kier alpha value is -2.34. The van der Waals surface area contributed by atoms with E-state index in [-0.39, 0.29) is 29.9 Å². The van der Waals surface area contributed by atoms with Crippen LogP contribution < -0.4 is 5.32 Å². The number of thioether (sulfide) groups is 1. The number of nitrogens with one attached hydrogen (secondary N) is 1. The molecular formula is C25H33FN2O2S. The number of aryl methyl sites for hydroxylation is 2. The van der Waals surface area contributed by atoms with E-state index in [0.29, 0.717) is 17.9 Å². The predicted octanol–water partition coefficient (Wildman–Crippen LogP) is 5.01. The number of rotatable bonds is 11. The fourth-order valence-corrected chi connectivity index (χ4v) is 4.27. The van der Waals surface area contributed by atoms with Crippen molar-refractivity contribution < 1.29 is 14.0 Å². The highest BCUT2D eigenvalue weighted by atomic mass is 32.2. The van der Waals surface area contributed by atoms with Gasteiger partial charge < -0.3 is 10.2 Å². The molecule has 31 heavy (non-hydrogen) atoms. The molecular weight excluding hydrogens is 411 g/mol. The lowest BCUT2D eigenvalue weighted by Crippen LogP contribution is -2.48. The molecule has 2 aromatic rings. The first-order valence-electron chi connectivity index (χ1n) is 10.8. The minimum Gasteiger partial charge on any atom is -0.354 e. The van der Waals surface area contributed by atoms with Crippen molar-refractivity contribution >= 4 is 23.6 Å². The van der Waals surface area contributed by atoms with Crippen LogP contribution in [0.4, 0.5) is 4.39 Å². The monoisotopic (exact) mass is 444 g/mol. The largest absolute Gasteiger partial charge is 0.354 e. The molecule has 0 aliphatic carbocycles. The third-order valence-electron chi connectivity index (χ3n) is 5.07. The van der Waals surface area contributed by atoms with Crippen LogP contribution in [0.5, 0.6) is 0 Å². The number of amides is 2. The maximum Gasteiger partial charge on any atom is 0.242 e. The molecule has 2 amide bonds. The third-order valence-corrected chi connectivity index (χ3v) is 6.06. The summed E-state index contributed by atoms with van der Waals surface area (Å²) in [5.41, 5.74) is 3.96. The van der Waals surface area contributed by atoms with Crippen molar-refractivity contribution in [2.75, 3.05) is 12.3 Å². The van der Waals surface area contributed by atoms with E-state index in [1.54, 1.807) is 25.1 Å². The molecule has 0 aliphatic heterocycles. The van der Waals surface area contributed by atoms with E-state index in [4.69, 9.17) is 0 Å². The molecule has 0 unspecified atom stereocenters. The quantitative estimate of drug-likeness (QED) is 0.496. The Balaban J connectivity index is 2.07. The molecule has 0 aliphatic rings. The molecule has 168 valence electrons. The van der Waals surface area contributed by atoms with Crippen LogP contribution in [0, 0.1) is 19.7 Å². The number of halogens is 1. The van der Waals surface area contributed by atoms with Gasteiger partial charge in [-0.05, 0) is 38.8 Å². The van der Waals surface area contributed by atoms with Gasteiger partial charge in [0.15, 0.2) is 0 Å². The van der Waals surface area contributed by atoms with Crippen molar-refractivity contribution in [3.05, 3.63) is 70.5 Å². The van der Waals surface area contributed by atoms with Crippen molar-refractivity contribution in [1.29, 1.82) is 0 Å². The first kappa shape index (κ1) is 24.9. The Morgan fingerprint density at radius 1 is 1.13 bits per heavy atom. The number of benzene rings is 2. The van der Waals surface area contributed by atoms with Crippen LogP contribution in [0.2, 0.25) is 0 Å². The summed E-state index contributed by atoms with van der Waals surface area (Å²) in [6.45, 7) is 8.51. The first-order valence-corrected chi connectivity index (χ1v) is 11.9. The average Bonchev–Trinajstić information content (AvgIpc) is 2.72. The minimum absolute atomic E-state index is 0.0674. The summed E-state index contributed by atoms with van der Waals surface area (Å²) in [6.07, 6.45) is 1.85. The Labute approximate surface area is 189 Å². The number of carbonyl (C=O) groups is 2. The van der Waals surface area contributed by atoms with Gasteiger partial charge >= 0.3 is 0 Å². The second kappa shape index (κ2) is 12.5. The predicted molar refractivity (Wildman–Crippen MR) is 126 cm³/mol. The molecule has 2 rings (SSSR count). The van der Waals surface area contributed by atoms with Gasteiger partial charge in [0.1, 0.15) is 11.9 Å². The van der Waals surface area contributed by atoms with Crippen molar-refractivity contribution in [2.45, 2.75) is 58.9 Å². The van der Waals surface area contributed by atoms with Crippen LogP contribution in [-0.4, -0.2) is 35.1 Å². The standard InChI is InChI=1S/C25H33FN2O2S/c1-5-6-11-27-25(30)20(4)28(15-22-9-7-8-10-23(22)26)24(29)17-31-16-21-13-18(2)12-19(3)14-21/h7-10,12-14,20H,5-6,11,15-17H2,1-4H3,(H,27,30)/t20-/m0/s1. The topological polar surface area (TPSA) is 49.4 Å². The smallest absolute Gasteiger partial charge is 0.242 e. The number of nitrogens with zero attached hydrogens (tertiary/aromatic N) is 1. The maximum atomic E-state index is 14.2. The fourth-order valence-electron chi connectivity index (χ4n) is 3.42. The van der Waals surface area contributed by atoms with Gasteiger partial charge in [0.05, 0.1) is 5.75 Å². The molecule has 0 fully saturated rings. The van der Waals surface area contributed by atoms with E-state index < -0.39 is 6.04 Å². The summed E-state index contributed by atoms with van der Waals surface area (Å²) in [6, 6.07) is 12.1. The van der Waals surface area contributed by atoms with Gasteiger partial charge in [-0.25, -0.2) is 4.39 Å². The van der Waals surface area contributed by atoms with Crippen molar-refractivity contribution in [1.82, 2.24) is 10.2 Å². The number of hydrogen-bond acceptors (Lipinski definition) is 3. The lowest BCUT2D eigenvalue weighted by molar-refractivity contribution is -0.138. The zero-order valence-electron chi connectivity index (χ0n) is 18.9. The van der Waals surface area contributed by atoms with Gasteiger partial charge in [0.25, 0.3) is 0 Å². The molecule has 4 nitrogen and oxygen atoms in total. The second-order valence-corrected chi connectivity index (χ2v) is 8.91. The molecule has 6 heteroatoms. The Morgan fingerprint density at radius 2 is 1.81 bits per heavy atom. The molecule has 1 N–H and O–H groups in total. The summed E-state index contributed by atoms with van der Waals surface area (Å²) >= 11 is 1.51. The van der Waals surface area contributed by atoms with Gasteiger partial charge in [-0.1, -0.05) is 60.9 Å². The molecule has 2 aromatic carbocycles. The number of hydrogen-bond donors (Lipinski definition) is 1. The zero-order chi connectivity index (χ0) is 22.8. The number of carbonyl (C=O) groups excluding carboxylic acids is 2. The van der Waals surface area contributed by atoms with Crippen molar-refractivity contribution in [3.63, 3.8) is 0 Å². The SMILES string of the molecule is CCCCNC(=O)[C@H](C)N(Cc1ccccc1F)C(=O)CSCc1cc(C)cc(C)c1. The third kappa shape index (κ3) is 8.02. The Kier molecular flexibility index (Phi) is 10.0. The maximum absolute atomic E-state index is 14.2. The van der Waals surface area contributed by atoms with E-state index in [1.165, 1.54) is 39.4 Å². The fraction of sp³-hybridized carbons (Fsp3) is 0.440. The van der Waals surface area contributed by atoms with Gasteiger partial charge in [0, 0.05) is 24.4 Å². The normalized spacial score (nSPS) is 11.8. The van der Waals surface area contributed by atoms with Gasteiger partial charge in [-0.15, -0.1) is 11.8 Å². The average molecular weight is 445 g/mol. The highest BCUT2D eigenvalue weighted by molar-refractivity contribution is 7.99. The highest BCUT2D eigenvalue weighted by Crippen LogP contribution is 2.19. The van der Waals surface area contributed by atoms with Crippen LogP contribution in [0.1, 0.15) is 48.9 Å². The molecule has 1 atom stereocenters. The van der Waals surface area contributed by atoms with Gasteiger partial charge in [-0.3, -0.25) is 9.59 Å². The molecule has 0 radical (unpaired) electrons. The Morgan fingerprint density at radius 3 is 2.45 bits per heavy atom. The molecule has 0 spiro atoms. The van der Waals surface area contributed by atoms with E-state index in [1.807, 2.05) is 0 Å². The van der Waals surface area contributed by atoms with Gasteiger partial charge in [0.2, 0.25) is 11.8 Å². The highest BCUT2D eigenvalue weighted by Gasteiger charge is 2.26. The second-order valence-electron chi connectivity index (χ2n) is 7.92. The lowest BCUT2D eigenvalue weighted by atomic mass is 10.1. The zero-order valence-corrected chi connectivity index (χ0v) is 19.7. The summed E-state index contributed by atoms with van der Waals surface area (Å²) in [7, 11) is 0. The van der Waals surface area contributed by atoms with E-state index in [9.17, 15) is 14.0 Å². The molecule has 0 saturated heterocycles. The summed E-state index contributed by atoms with van der Waals surface area (Å²) in [4.78, 5) is 27.1. The summed E-state index contributed by atoms with van der Waals surface area (Å²) in [5, 5.41) is 2.88. The van der Waals surface area contributed by atoms with Crippen LogP contribution in [0.25, 0.3) is 0 Å². The summed E-state index contributed by atoms with van der Waals surface area (Å²) < 4.78 is 14.2. The molecule has 0 heterocycles. The molecule has 0 aromatic heterocycles. The van der Waals surface area contributed by atoms with Crippen LogP contribution in [0.15, 0.2) is 42.5 Å². The van der Waals surface area contributed by atoms with Crippen molar-refractivity contribution in [2.24, 2.45) is 0 Å². The number of unbranched alkanes of at least 4 members (excludes halogenated alkanes) is 1. The van der Waals surface area contributed by atoms with E-state index in [0.717, 1.165) is 12.8 Å². The summed E-state index contributed by atoms with van der Waals surface area (Å²) in [5.74, 6) is 0.183. The lowest BCUT2D eigenvalue weighted by Gasteiger charge is -2.29. The molecule has 0 bridgehead atoms. The van der Waals surface area contributed by atoms with Crippen molar-refractivity contribution in [3.8, 4) is 0 Å². The van der Waals surface area contributed by atoms with E-state index in [2.05, 4.69) is 44.3 Å². The van der Waals surface area contributed by atoms with Crippen LogP contribution >= 0.6 is 11.8 Å². The Bertz CT molecular complexity index is 867. The van der Waals surface area contributed by atoms with Gasteiger partial charge in [-0.2, -0.15) is 0 Å².